The molecule has 1 fully saturated rings. The molecule has 3 atom stereocenters. The van der Waals surface area contributed by atoms with Gasteiger partial charge in [0.15, 0.2) is 0 Å². The van der Waals surface area contributed by atoms with Crippen LogP contribution in [0, 0.1) is 11.3 Å². The first-order valence-corrected chi connectivity index (χ1v) is 8.76. The Morgan fingerprint density at radius 3 is 2.67 bits per heavy atom. The van der Waals surface area contributed by atoms with Crippen LogP contribution < -0.4 is 5.73 Å². The molecular weight excluding hydrogens is 240 g/mol. The van der Waals surface area contributed by atoms with E-state index in [1.807, 2.05) is 11.8 Å². The first-order valence-electron chi connectivity index (χ1n) is 7.37. The molecule has 0 saturated heterocycles. The third-order valence-corrected chi connectivity index (χ3v) is 5.50. The second-order valence-corrected chi connectivity index (χ2v) is 7.53. The lowest BCUT2D eigenvalue weighted by atomic mass is 9.68. The molecule has 0 aromatic rings. The van der Waals surface area contributed by atoms with E-state index in [-0.39, 0.29) is 0 Å². The van der Waals surface area contributed by atoms with Crippen molar-refractivity contribution in [2.24, 2.45) is 17.1 Å². The average Bonchev–Trinajstić information content (AvgIpc) is 2.31. The Kier molecular flexibility index (Phi) is 6.49. The minimum absolute atomic E-state index is 0.324. The molecule has 0 aromatic carbocycles. The highest BCUT2D eigenvalue weighted by Gasteiger charge is 2.37. The van der Waals surface area contributed by atoms with Gasteiger partial charge in [-0.3, -0.25) is 0 Å². The van der Waals surface area contributed by atoms with Gasteiger partial charge >= 0.3 is 0 Å². The molecule has 108 valence electrons. The zero-order chi connectivity index (χ0) is 13.8. The molecule has 1 saturated carbocycles. The smallest absolute Gasteiger partial charge is 0.0180 e. The van der Waals surface area contributed by atoms with E-state index in [1.54, 1.807) is 0 Å². The van der Waals surface area contributed by atoms with Gasteiger partial charge in [0.05, 0.1) is 0 Å². The van der Waals surface area contributed by atoms with Gasteiger partial charge in [-0.2, -0.15) is 11.8 Å². The fourth-order valence-corrected chi connectivity index (χ4v) is 4.15. The van der Waals surface area contributed by atoms with Gasteiger partial charge in [0.2, 0.25) is 0 Å². The van der Waals surface area contributed by atoms with Crippen LogP contribution in [-0.4, -0.2) is 42.6 Å². The summed E-state index contributed by atoms with van der Waals surface area (Å²) in [5.74, 6) is 1.91. The predicted molar refractivity (Wildman–Crippen MR) is 84.2 cm³/mol. The molecule has 0 heterocycles. The lowest BCUT2D eigenvalue weighted by Crippen LogP contribution is -2.51. The Morgan fingerprint density at radius 1 is 1.44 bits per heavy atom. The maximum absolute atomic E-state index is 6.49. The van der Waals surface area contributed by atoms with E-state index >= 15 is 0 Å². The number of thioether (sulfide) groups is 1. The molecule has 0 amide bonds. The van der Waals surface area contributed by atoms with Crippen molar-refractivity contribution in [1.82, 2.24) is 4.90 Å². The van der Waals surface area contributed by atoms with Crippen molar-refractivity contribution in [3.8, 4) is 0 Å². The SMILES string of the molecule is CCC(CSC)N(C)CC1CCCC(C)(C)C1N. The van der Waals surface area contributed by atoms with Crippen molar-refractivity contribution in [2.75, 3.05) is 25.6 Å². The van der Waals surface area contributed by atoms with E-state index in [2.05, 4.69) is 39.0 Å². The molecule has 2 N–H and O–H groups in total. The van der Waals surface area contributed by atoms with Gasteiger partial charge in [-0.05, 0) is 43.9 Å². The maximum atomic E-state index is 6.49. The highest BCUT2D eigenvalue weighted by atomic mass is 32.2. The van der Waals surface area contributed by atoms with Crippen LogP contribution in [0.5, 0.6) is 0 Å². The normalized spacial score (nSPS) is 29.5. The Balaban J connectivity index is 2.55. The summed E-state index contributed by atoms with van der Waals surface area (Å²) in [6, 6.07) is 1.07. The fourth-order valence-electron chi connectivity index (χ4n) is 3.28. The summed E-state index contributed by atoms with van der Waals surface area (Å²) in [5.41, 5.74) is 6.81. The van der Waals surface area contributed by atoms with Crippen molar-refractivity contribution in [3.63, 3.8) is 0 Å². The summed E-state index contributed by atoms with van der Waals surface area (Å²) in [6.07, 6.45) is 7.38. The molecule has 0 aromatic heterocycles. The fraction of sp³-hybridized carbons (Fsp3) is 1.00. The van der Waals surface area contributed by atoms with Crippen molar-refractivity contribution in [3.05, 3.63) is 0 Å². The quantitative estimate of drug-likeness (QED) is 0.805. The van der Waals surface area contributed by atoms with Gasteiger partial charge in [0.25, 0.3) is 0 Å². The summed E-state index contributed by atoms with van der Waals surface area (Å²) in [6.45, 7) is 8.14. The number of rotatable bonds is 6. The lowest BCUT2D eigenvalue weighted by molar-refractivity contribution is 0.0989. The number of hydrogen-bond donors (Lipinski definition) is 1. The Labute approximate surface area is 118 Å². The molecule has 0 bridgehead atoms. The molecular formula is C15H32N2S. The standard InChI is InChI=1S/C15H32N2S/c1-6-13(11-18-5)17(4)10-12-8-7-9-15(2,3)14(12)16/h12-14H,6-11,16H2,1-5H3. The molecule has 18 heavy (non-hydrogen) atoms. The summed E-state index contributed by atoms with van der Waals surface area (Å²) in [7, 11) is 2.28. The van der Waals surface area contributed by atoms with E-state index in [0.717, 1.165) is 0 Å². The first kappa shape index (κ1) is 16.3. The molecule has 0 aliphatic heterocycles. The van der Waals surface area contributed by atoms with Gasteiger partial charge in [-0.25, -0.2) is 0 Å². The molecule has 0 radical (unpaired) electrons. The molecule has 3 heteroatoms. The first-order chi connectivity index (χ1) is 8.42. The Morgan fingerprint density at radius 2 is 2.11 bits per heavy atom. The molecule has 2 nitrogen and oxygen atoms in total. The van der Waals surface area contributed by atoms with Gasteiger partial charge < -0.3 is 10.6 Å². The summed E-state index contributed by atoms with van der Waals surface area (Å²) >= 11 is 1.95. The average molecular weight is 273 g/mol. The van der Waals surface area contributed by atoms with Crippen molar-refractivity contribution < 1.29 is 0 Å². The minimum Gasteiger partial charge on any atom is -0.327 e. The third-order valence-electron chi connectivity index (χ3n) is 4.78. The number of nitrogens with two attached hydrogens (primary N) is 1. The van der Waals surface area contributed by atoms with Crippen LogP contribution in [0.15, 0.2) is 0 Å². The van der Waals surface area contributed by atoms with Gasteiger partial charge in [-0.15, -0.1) is 0 Å². The molecule has 3 unspecified atom stereocenters. The number of hydrogen-bond acceptors (Lipinski definition) is 3. The molecule has 1 aliphatic carbocycles. The van der Waals surface area contributed by atoms with Crippen LogP contribution in [0.25, 0.3) is 0 Å². The third kappa shape index (κ3) is 4.14. The second kappa shape index (κ2) is 7.16. The van der Waals surface area contributed by atoms with Crippen LogP contribution in [0.4, 0.5) is 0 Å². The van der Waals surface area contributed by atoms with E-state index < -0.39 is 0 Å². The van der Waals surface area contributed by atoms with E-state index in [0.29, 0.717) is 23.4 Å². The van der Waals surface area contributed by atoms with Crippen molar-refractivity contribution in [2.45, 2.75) is 58.5 Å². The van der Waals surface area contributed by atoms with Gasteiger partial charge in [0, 0.05) is 24.4 Å². The number of nitrogens with zero attached hydrogens (tertiary/aromatic N) is 1. The van der Waals surface area contributed by atoms with Crippen LogP contribution in [-0.2, 0) is 0 Å². The molecule has 0 spiro atoms. The van der Waals surface area contributed by atoms with Crippen molar-refractivity contribution >= 4 is 11.8 Å². The second-order valence-electron chi connectivity index (χ2n) is 6.62. The molecule has 1 aliphatic rings. The highest BCUT2D eigenvalue weighted by molar-refractivity contribution is 7.98. The summed E-state index contributed by atoms with van der Waals surface area (Å²) < 4.78 is 0. The zero-order valence-electron chi connectivity index (χ0n) is 12.9. The highest BCUT2D eigenvalue weighted by Crippen LogP contribution is 2.38. The molecule has 1 rings (SSSR count). The van der Waals surface area contributed by atoms with E-state index in [1.165, 1.54) is 38.0 Å². The largest absolute Gasteiger partial charge is 0.327 e. The zero-order valence-corrected chi connectivity index (χ0v) is 13.7. The van der Waals surface area contributed by atoms with Crippen molar-refractivity contribution in [1.29, 1.82) is 0 Å². The monoisotopic (exact) mass is 272 g/mol. The Bertz CT molecular complexity index is 243. The van der Waals surface area contributed by atoms with E-state index in [4.69, 9.17) is 5.73 Å². The van der Waals surface area contributed by atoms with Crippen LogP contribution in [0.3, 0.4) is 0 Å². The maximum Gasteiger partial charge on any atom is 0.0180 e. The van der Waals surface area contributed by atoms with Gasteiger partial charge in [0.1, 0.15) is 0 Å². The van der Waals surface area contributed by atoms with Crippen LogP contribution >= 0.6 is 11.8 Å². The Hall–Kier alpha value is 0.270. The summed E-state index contributed by atoms with van der Waals surface area (Å²) in [5, 5.41) is 0. The van der Waals surface area contributed by atoms with Gasteiger partial charge in [-0.1, -0.05) is 27.2 Å². The summed E-state index contributed by atoms with van der Waals surface area (Å²) in [4.78, 5) is 2.54. The van der Waals surface area contributed by atoms with Crippen LogP contribution in [0.2, 0.25) is 0 Å². The lowest BCUT2D eigenvalue weighted by Gasteiger charge is -2.44. The van der Waals surface area contributed by atoms with E-state index in [9.17, 15) is 0 Å². The predicted octanol–water partition coefficient (Wildman–Crippen LogP) is 3.21. The minimum atomic E-state index is 0.324. The van der Waals surface area contributed by atoms with Crippen LogP contribution in [0.1, 0.15) is 46.5 Å². The topological polar surface area (TPSA) is 29.3 Å².